The zero-order valence-electron chi connectivity index (χ0n) is 14.2. The third kappa shape index (κ3) is 4.11. The van der Waals surface area contributed by atoms with Crippen LogP contribution >= 0.6 is 0 Å². The van der Waals surface area contributed by atoms with E-state index in [1.165, 1.54) is 0 Å². The molecule has 0 bridgehead atoms. The molecule has 0 unspecified atom stereocenters. The number of carbonyl (C=O) groups is 1. The van der Waals surface area contributed by atoms with Crippen molar-refractivity contribution in [3.63, 3.8) is 0 Å². The molecule has 0 N–H and O–H groups in total. The van der Waals surface area contributed by atoms with E-state index >= 15 is 0 Å². The molecule has 0 saturated carbocycles. The molecule has 1 fully saturated rings. The van der Waals surface area contributed by atoms with E-state index in [1.807, 2.05) is 49.2 Å². The summed E-state index contributed by atoms with van der Waals surface area (Å²) in [5.41, 5.74) is 1.14. The Bertz CT molecular complexity index is 665. The minimum atomic E-state index is 0.0761. The normalized spacial score (nSPS) is 15.5. The first-order chi connectivity index (χ1) is 11.6. The van der Waals surface area contributed by atoms with Crippen LogP contribution in [-0.4, -0.2) is 64.1 Å². The van der Waals surface area contributed by atoms with Crippen molar-refractivity contribution in [3.05, 3.63) is 47.6 Å². The highest BCUT2D eigenvalue weighted by molar-refractivity contribution is 5.74. The van der Waals surface area contributed by atoms with Gasteiger partial charge in [0, 0.05) is 39.8 Å². The highest BCUT2D eigenvalue weighted by Gasteiger charge is 2.24. The zero-order valence-corrected chi connectivity index (χ0v) is 14.2. The van der Waals surface area contributed by atoms with Crippen molar-refractivity contribution in [2.45, 2.75) is 20.0 Å². The van der Waals surface area contributed by atoms with Gasteiger partial charge < -0.3 is 14.3 Å². The SMILES string of the molecule is Cc1noc(CN2CCN(C(=O)N(C)Cc3ccccc3)CC2)n1. The van der Waals surface area contributed by atoms with Gasteiger partial charge in [-0.3, -0.25) is 4.90 Å². The quantitative estimate of drug-likeness (QED) is 0.855. The standard InChI is InChI=1S/C17H23N5O2/c1-14-18-16(24-19-14)13-21-8-10-22(11-9-21)17(23)20(2)12-15-6-4-3-5-7-15/h3-7H,8-13H2,1-2H3. The number of hydrogen-bond donors (Lipinski definition) is 0. The number of amides is 2. The number of benzene rings is 1. The minimum Gasteiger partial charge on any atom is -0.338 e. The van der Waals surface area contributed by atoms with Gasteiger partial charge >= 0.3 is 6.03 Å². The molecular weight excluding hydrogens is 306 g/mol. The van der Waals surface area contributed by atoms with Crippen LogP contribution in [0.15, 0.2) is 34.9 Å². The molecule has 1 aromatic carbocycles. The van der Waals surface area contributed by atoms with Crippen molar-refractivity contribution in [1.29, 1.82) is 0 Å². The van der Waals surface area contributed by atoms with Gasteiger partial charge in [-0.05, 0) is 12.5 Å². The van der Waals surface area contributed by atoms with Gasteiger partial charge in [-0.15, -0.1) is 0 Å². The first-order valence-corrected chi connectivity index (χ1v) is 8.17. The number of piperazine rings is 1. The molecule has 128 valence electrons. The van der Waals surface area contributed by atoms with E-state index in [-0.39, 0.29) is 6.03 Å². The first-order valence-electron chi connectivity index (χ1n) is 8.17. The molecule has 0 atom stereocenters. The Balaban J connectivity index is 1.47. The summed E-state index contributed by atoms with van der Waals surface area (Å²) in [6, 6.07) is 10.1. The van der Waals surface area contributed by atoms with Crippen LogP contribution < -0.4 is 0 Å². The molecule has 1 aromatic heterocycles. The lowest BCUT2D eigenvalue weighted by Crippen LogP contribution is -2.51. The lowest BCUT2D eigenvalue weighted by atomic mass is 10.2. The maximum Gasteiger partial charge on any atom is 0.320 e. The molecule has 0 aliphatic carbocycles. The topological polar surface area (TPSA) is 65.7 Å². The number of aryl methyl sites for hydroxylation is 1. The number of rotatable bonds is 4. The van der Waals surface area contributed by atoms with Gasteiger partial charge in [0.05, 0.1) is 6.54 Å². The average molecular weight is 329 g/mol. The summed E-state index contributed by atoms with van der Waals surface area (Å²) in [6.45, 7) is 6.13. The van der Waals surface area contributed by atoms with Crippen LogP contribution in [0.5, 0.6) is 0 Å². The molecule has 2 heterocycles. The van der Waals surface area contributed by atoms with Crippen LogP contribution in [0, 0.1) is 6.92 Å². The second-order valence-corrected chi connectivity index (χ2v) is 6.12. The Kier molecular flexibility index (Phi) is 5.10. The average Bonchev–Trinajstić information content (AvgIpc) is 3.00. The fourth-order valence-electron chi connectivity index (χ4n) is 2.86. The molecule has 1 aliphatic rings. The summed E-state index contributed by atoms with van der Waals surface area (Å²) in [4.78, 5) is 22.7. The first kappa shape index (κ1) is 16.4. The Labute approximate surface area is 141 Å². The highest BCUT2D eigenvalue weighted by Crippen LogP contribution is 2.10. The number of hydrogen-bond acceptors (Lipinski definition) is 5. The number of aromatic nitrogens is 2. The van der Waals surface area contributed by atoms with E-state index in [9.17, 15) is 4.79 Å². The van der Waals surface area contributed by atoms with Crippen LogP contribution in [0.25, 0.3) is 0 Å². The second kappa shape index (κ2) is 7.44. The zero-order chi connectivity index (χ0) is 16.9. The van der Waals surface area contributed by atoms with E-state index in [4.69, 9.17) is 4.52 Å². The molecule has 7 nitrogen and oxygen atoms in total. The van der Waals surface area contributed by atoms with E-state index in [0.717, 1.165) is 18.7 Å². The summed E-state index contributed by atoms with van der Waals surface area (Å²) < 4.78 is 5.15. The molecule has 1 aliphatic heterocycles. The Hall–Kier alpha value is -2.41. The van der Waals surface area contributed by atoms with Gasteiger partial charge in [-0.25, -0.2) is 4.79 Å². The Morgan fingerprint density at radius 1 is 1.21 bits per heavy atom. The number of nitrogens with zero attached hydrogens (tertiary/aromatic N) is 5. The van der Waals surface area contributed by atoms with E-state index in [0.29, 0.717) is 37.9 Å². The van der Waals surface area contributed by atoms with E-state index in [1.54, 1.807) is 4.90 Å². The summed E-state index contributed by atoms with van der Waals surface area (Å²) in [5, 5.41) is 3.80. The molecule has 1 saturated heterocycles. The van der Waals surface area contributed by atoms with Crippen LogP contribution in [0.4, 0.5) is 4.79 Å². The van der Waals surface area contributed by atoms with Gasteiger partial charge in [0.25, 0.3) is 0 Å². The molecule has 2 amide bonds. The molecular formula is C17H23N5O2. The second-order valence-electron chi connectivity index (χ2n) is 6.12. The fraction of sp³-hybridized carbons (Fsp3) is 0.471. The fourth-order valence-corrected chi connectivity index (χ4v) is 2.86. The summed E-state index contributed by atoms with van der Waals surface area (Å²) in [6.07, 6.45) is 0. The van der Waals surface area contributed by atoms with Crippen molar-refractivity contribution >= 4 is 6.03 Å². The molecule has 0 spiro atoms. The summed E-state index contributed by atoms with van der Waals surface area (Å²) in [5.74, 6) is 1.29. The van der Waals surface area contributed by atoms with Gasteiger partial charge in [-0.2, -0.15) is 4.98 Å². The summed E-state index contributed by atoms with van der Waals surface area (Å²) >= 11 is 0. The largest absolute Gasteiger partial charge is 0.338 e. The number of carbonyl (C=O) groups excluding carboxylic acids is 1. The highest BCUT2D eigenvalue weighted by atomic mass is 16.5. The Morgan fingerprint density at radius 2 is 1.92 bits per heavy atom. The monoisotopic (exact) mass is 329 g/mol. The molecule has 2 aromatic rings. The van der Waals surface area contributed by atoms with Gasteiger partial charge in [0.15, 0.2) is 5.82 Å². The molecule has 24 heavy (non-hydrogen) atoms. The maximum atomic E-state index is 12.6. The number of urea groups is 1. The van der Waals surface area contributed by atoms with E-state index in [2.05, 4.69) is 15.0 Å². The molecule has 0 radical (unpaired) electrons. The Morgan fingerprint density at radius 3 is 2.54 bits per heavy atom. The van der Waals surface area contributed by atoms with Crippen LogP contribution in [0.1, 0.15) is 17.3 Å². The lowest BCUT2D eigenvalue weighted by molar-refractivity contribution is 0.108. The van der Waals surface area contributed by atoms with Crippen molar-refractivity contribution in [2.75, 3.05) is 33.2 Å². The van der Waals surface area contributed by atoms with Crippen LogP contribution in [-0.2, 0) is 13.1 Å². The maximum absolute atomic E-state index is 12.6. The molecule has 3 rings (SSSR count). The third-order valence-electron chi connectivity index (χ3n) is 4.16. The predicted molar refractivity (Wildman–Crippen MR) is 89.2 cm³/mol. The van der Waals surface area contributed by atoms with Crippen molar-refractivity contribution < 1.29 is 9.32 Å². The van der Waals surface area contributed by atoms with Gasteiger partial charge in [0.2, 0.25) is 5.89 Å². The smallest absolute Gasteiger partial charge is 0.320 e. The van der Waals surface area contributed by atoms with Crippen molar-refractivity contribution in [3.8, 4) is 0 Å². The van der Waals surface area contributed by atoms with E-state index < -0.39 is 0 Å². The van der Waals surface area contributed by atoms with Gasteiger partial charge in [-0.1, -0.05) is 35.5 Å². The van der Waals surface area contributed by atoms with Gasteiger partial charge in [0.1, 0.15) is 0 Å². The van der Waals surface area contributed by atoms with Crippen molar-refractivity contribution in [1.82, 2.24) is 24.8 Å². The molecule has 7 heteroatoms. The van der Waals surface area contributed by atoms with Crippen LogP contribution in [0.2, 0.25) is 0 Å². The van der Waals surface area contributed by atoms with Crippen LogP contribution in [0.3, 0.4) is 0 Å². The third-order valence-corrected chi connectivity index (χ3v) is 4.16. The lowest BCUT2D eigenvalue weighted by Gasteiger charge is -2.36. The summed E-state index contributed by atoms with van der Waals surface area (Å²) in [7, 11) is 1.85. The predicted octanol–water partition coefficient (Wildman–Crippen LogP) is 1.75. The minimum absolute atomic E-state index is 0.0761. The van der Waals surface area contributed by atoms with Crippen molar-refractivity contribution in [2.24, 2.45) is 0 Å².